The van der Waals surface area contributed by atoms with Gasteiger partial charge < -0.3 is 14.3 Å². The normalized spacial score (nSPS) is 18.1. The first kappa shape index (κ1) is 19.5. The predicted molar refractivity (Wildman–Crippen MR) is 112 cm³/mol. The third-order valence-electron chi connectivity index (χ3n) is 5.01. The highest BCUT2D eigenvalue weighted by Gasteiger charge is 2.48. The molecule has 152 valence electrons. The molecule has 1 amide bonds. The van der Waals surface area contributed by atoms with E-state index in [1.165, 1.54) is 11.2 Å². The maximum absolute atomic E-state index is 13.0. The van der Waals surface area contributed by atoms with Crippen molar-refractivity contribution < 1.29 is 23.8 Å². The highest BCUT2D eigenvalue weighted by atomic mass is 16.5. The van der Waals surface area contributed by atoms with Gasteiger partial charge in [0.2, 0.25) is 0 Å². The first-order chi connectivity index (χ1) is 14.5. The van der Waals surface area contributed by atoms with Gasteiger partial charge in [-0.05, 0) is 62.4 Å². The van der Waals surface area contributed by atoms with Crippen LogP contribution in [0.4, 0.5) is 5.69 Å². The molecule has 1 atom stereocenters. The van der Waals surface area contributed by atoms with Crippen LogP contribution in [0.5, 0.6) is 5.75 Å². The Hall–Kier alpha value is -3.80. The summed E-state index contributed by atoms with van der Waals surface area (Å²) in [6.07, 6.45) is 1.47. The summed E-state index contributed by atoms with van der Waals surface area (Å²) in [5.41, 5.74) is 1.98. The van der Waals surface area contributed by atoms with Gasteiger partial charge in [-0.1, -0.05) is 17.7 Å². The number of furan rings is 1. The Morgan fingerprint density at radius 3 is 2.37 bits per heavy atom. The van der Waals surface area contributed by atoms with E-state index >= 15 is 0 Å². The minimum atomic E-state index is -0.866. The molecule has 3 aromatic rings. The molecule has 30 heavy (non-hydrogen) atoms. The van der Waals surface area contributed by atoms with Crippen LogP contribution in [0.25, 0.3) is 5.76 Å². The standard InChI is InChI=1S/C24H21NO5/c1-3-29-18-12-8-16(9-13-18)22(26)20-21(19-5-4-14-30-19)25(24(28)23(20)27)17-10-6-15(2)7-11-17/h4-14,21,26H,3H2,1-2H3/b22-20-. The van der Waals surface area contributed by atoms with E-state index < -0.39 is 17.7 Å². The number of ether oxygens (including phenoxy) is 1. The van der Waals surface area contributed by atoms with Gasteiger partial charge in [-0.25, -0.2) is 0 Å². The van der Waals surface area contributed by atoms with Gasteiger partial charge in [0.05, 0.1) is 18.4 Å². The molecule has 1 aliphatic heterocycles. The van der Waals surface area contributed by atoms with Crippen molar-refractivity contribution in [2.45, 2.75) is 19.9 Å². The number of aliphatic hydroxyl groups is 1. The number of hydrogen-bond donors (Lipinski definition) is 1. The zero-order valence-electron chi connectivity index (χ0n) is 16.7. The number of anilines is 1. The van der Waals surface area contributed by atoms with Crippen molar-refractivity contribution >= 4 is 23.1 Å². The molecular formula is C24H21NO5. The molecule has 1 N–H and O–H groups in total. The second kappa shape index (κ2) is 7.91. The van der Waals surface area contributed by atoms with E-state index in [0.717, 1.165) is 5.56 Å². The number of benzene rings is 2. The smallest absolute Gasteiger partial charge is 0.300 e. The van der Waals surface area contributed by atoms with E-state index in [9.17, 15) is 14.7 Å². The van der Waals surface area contributed by atoms with Crippen LogP contribution in [0.3, 0.4) is 0 Å². The van der Waals surface area contributed by atoms with Crippen LogP contribution in [0.2, 0.25) is 0 Å². The Bertz CT molecular complexity index is 1100. The predicted octanol–water partition coefficient (Wildman–Crippen LogP) is 4.61. The van der Waals surface area contributed by atoms with Crippen molar-refractivity contribution in [2.24, 2.45) is 0 Å². The number of aliphatic hydroxyl groups excluding tert-OH is 1. The third-order valence-corrected chi connectivity index (χ3v) is 5.01. The molecule has 0 aliphatic carbocycles. The van der Waals surface area contributed by atoms with E-state index in [4.69, 9.17) is 9.15 Å². The van der Waals surface area contributed by atoms with Crippen LogP contribution in [0.15, 0.2) is 76.9 Å². The highest BCUT2D eigenvalue weighted by Crippen LogP contribution is 2.42. The number of carbonyl (C=O) groups excluding carboxylic acids is 2. The molecule has 1 aromatic heterocycles. The zero-order chi connectivity index (χ0) is 21.3. The van der Waals surface area contributed by atoms with Crippen LogP contribution in [0.1, 0.15) is 29.9 Å². The lowest BCUT2D eigenvalue weighted by atomic mass is 9.99. The molecule has 1 saturated heterocycles. The molecule has 1 aliphatic rings. The Labute approximate surface area is 174 Å². The molecule has 2 heterocycles. The van der Waals surface area contributed by atoms with Gasteiger partial charge in [0, 0.05) is 11.3 Å². The van der Waals surface area contributed by atoms with E-state index in [1.54, 1.807) is 48.5 Å². The van der Waals surface area contributed by atoms with E-state index in [0.29, 0.717) is 29.4 Å². The minimum absolute atomic E-state index is 0.0142. The van der Waals surface area contributed by atoms with Crippen molar-refractivity contribution in [1.82, 2.24) is 0 Å². The molecule has 0 bridgehead atoms. The van der Waals surface area contributed by atoms with Crippen molar-refractivity contribution in [3.8, 4) is 5.75 Å². The molecular weight excluding hydrogens is 382 g/mol. The summed E-state index contributed by atoms with van der Waals surface area (Å²) in [7, 11) is 0. The number of carbonyl (C=O) groups is 2. The topological polar surface area (TPSA) is 80.0 Å². The summed E-state index contributed by atoms with van der Waals surface area (Å²) in [4.78, 5) is 27.3. The maximum Gasteiger partial charge on any atom is 0.300 e. The lowest BCUT2D eigenvalue weighted by Crippen LogP contribution is -2.29. The zero-order valence-corrected chi connectivity index (χ0v) is 16.7. The van der Waals surface area contributed by atoms with Gasteiger partial charge in [0.25, 0.3) is 11.7 Å². The first-order valence-corrected chi connectivity index (χ1v) is 9.65. The summed E-state index contributed by atoms with van der Waals surface area (Å²) in [5.74, 6) is -0.692. The molecule has 6 heteroatoms. The monoisotopic (exact) mass is 403 g/mol. The Kier molecular flexibility index (Phi) is 5.14. The number of amides is 1. The fourth-order valence-corrected chi connectivity index (χ4v) is 3.55. The summed E-state index contributed by atoms with van der Waals surface area (Å²) < 4.78 is 11.0. The molecule has 6 nitrogen and oxygen atoms in total. The average Bonchev–Trinajstić information content (AvgIpc) is 3.36. The fraction of sp³-hybridized carbons (Fsp3) is 0.167. The molecule has 0 spiro atoms. The molecule has 2 aromatic carbocycles. The highest BCUT2D eigenvalue weighted by molar-refractivity contribution is 6.51. The molecule has 1 fully saturated rings. The number of nitrogens with zero attached hydrogens (tertiary/aromatic N) is 1. The quantitative estimate of drug-likeness (QED) is 0.382. The van der Waals surface area contributed by atoms with Crippen molar-refractivity contribution in [3.63, 3.8) is 0 Å². The van der Waals surface area contributed by atoms with Gasteiger partial charge in [0.1, 0.15) is 23.3 Å². The summed E-state index contributed by atoms with van der Waals surface area (Å²) in [6, 6.07) is 16.5. The Morgan fingerprint density at radius 2 is 1.77 bits per heavy atom. The Balaban J connectivity index is 1.85. The van der Waals surface area contributed by atoms with E-state index in [2.05, 4.69) is 0 Å². The van der Waals surface area contributed by atoms with Crippen LogP contribution in [-0.2, 0) is 9.59 Å². The SMILES string of the molecule is CCOc1ccc(/C(O)=C2/C(=O)C(=O)N(c3ccc(C)cc3)C2c2ccco2)cc1. The van der Waals surface area contributed by atoms with Gasteiger partial charge in [-0.2, -0.15) is 0 Å². The van der Waals surface area contributed by atoms with Crippen LogP contribution < -0.4 is 9.64 Å². The molecule has 1 unspecified atom stereocenters. The summed E-state index contributed by atoms with van der Waals surface area (Å²) in [5, 5.41) is 11.0. The van der Waals surface area contributed by atoms with Gasteiger partial charge in [-0.15, -0.1) is 0 Å². The molecule has 0 saturated carbocycles. The number of rotatable bonds is 5. The first-order valence-electron chi connectivity index (χ1n) is 9.65. The second-order valence-corrected chi connectivity index (χ2v) is 6.98. The van der Waals surface area contributed by atoms with Gasteiger partial charge in [0.15, 0.2) is 0 Å². The van der Waals surface area contributed by atoms with Crippen LogP contribution in [0, 0.1) is 6.92 Å². The van der Waals surface area contributed by atoms with Gasteiger partial charge in [-0.3, -0.25) is 14.5 Å². The average molecular weight is 403 g/mol. The summed E-state index contributed by atoms with van der Waals surface area (Å²) in [6.45, 7) is 4.34. The lowest BCUT2D eigenvalue weighted by molar-refractivity contribution is -0.132. The second-order valence-electron chi connectivity index (χ2n) is 6.98. The van der Waals surface area contributed by atoms with Crippen LogP contribution >= 0.6 is 0 Å². The molecule has 0 radical (unpaired) electrons. The van der Waals surface area contributed by atoms with E-state index in [1.807, 2.05) is 26.0 Å². The van der Waals surface area contributed by atoms with Crippen molar-refractivity contribution in [1.29, 1.82) is 0 Å². The van der Waals surface area contributed by atoms with Crippen molar-refractivity contribution in [2.75, 3.05) is 11.5 Å². The molecule has 4 rings (SSSR count). The largest absolute Gasteiger partial charge is 0.507 e. The lowest BCUT2D eigenvalue weighted by Gasteiger charge is -2.23. The minimum Gasteiger partial charge on any atom is -0.507 e. The Morgan fingerprint density at radius 1 is 1.07 bits per heavy atom. The fourth-order valence-electron chi connectivity index (χ4n) is 3.55. The maximum atomic E-state index is 13.0. The van der Waals surface area contributed by atoms with E-state index in [-0.39, 0.29) is 11.3 Å². The van der Waals surface area contributed by atoms with Crippen LogP contribution in [-0.4, -0.2) is 23.4 Å². The number of aryl methyl sites for hydroxylation is 1. The number of hydrogen-bond acceptors (Lipinski definition) is 5. The summed E-state index contributed by atoms with van der Waals surface area (Å²) >= 11 is 0. The van der Waals surface area contributed by atoms with Gasteiger partial charge >= 0.3 is 0 Å². The van der Waals surface area contributed by atoms with Crippen molar-refractivity contribution in [3.05, 3.63) is 89.4 Å². The number of ketones is 1. The number of Topliss-reactive ketones (excluding diaryl/α,β-unsaturated/α-hetero) is 1. The third kappa shape index (κ3) is 3.37.